The molecule has 0 aromatic carbocycles. The van der Waals surface area contributed by atoms with Crippen LogP contribution in [0.25, 0.3) is 0 Å². The Labute approximate surface area is 91.8 Å². The summed E-state index contributed by atoms with van der Waals surface area (Å²) in [6.45, 7) is 0. The van der Waals surface area contributed by atoms with Crippen LogP contribution in [0, 0.1) is 17.8 Å². The number of hydrogen-bond acceptors (Lipinski definition) is 3. The van der Waals surface area contributed by atoms with Gasteiger partial charge in [-0.15, -0.1) is 0 Å². The van der Waals surface area contributed by atoms with Gasteiger partial charge in [0.05, 0.1) is 0 Å². The molecule has 92 valence electrons. The normalized spacial score (nSPS) is 34.3. The van der Waals surface area contributed by atoms with Crippen molar-refractivity contribution in [3.8, 4) is 0 Å². The topological polar surface area (TPSA) is 71.4 Å². The lowest BCUT2D eigenvalue weighted by atomic mass is 9.86. The molecule has 2 fully saturated rings. The Morgan fingerprint density at radius 1 is 1.25 bits per heavy atom. The molecular weight excluding hydrogens is 242 g/mol. The van der Waals surface area contributed by atoms with E-state index in [-0.39, 0.29) is 11.8 Å². The molecule has 0 aromatic rings. The molecule has 2 aliphatic carbocycles. The van der Waals surface area contributed by atoms with Gasteiger partial charge in [-0.1, -0.05) is 6.42 Å². The summed E-state index contributed by atoms with van der Waals surface area (Å²) >= 11 is 0. The molecule has 3 unspecified atom stereocenters. The van der Waals surface area contributed by atoms with Crippen molar-refractivity contribution in [1.82, 2.24) is 0 Å². The van der Waals surface area contributed by atoms with E-state index in [1.807, 2.05) is 0 Å². The number of Topliss-reactive ketones (excluding diaryl/α,β-unsaturated/α-hetero) is 1. The maximum Gasteiger partial charge on any atom is 0.426 e. The zero-order valence-electron chi connectivity index (χ0n) is 8.40. The molecule has 0 amide bonds. The van der Waals surface area contributed by atoms with Gasteiger partial charge in [0.25, 0.3) is 0 Å². The SMILES string of the molecule is O=C(C1CC2CCC1C2)C(F)(F)S(=O)(=O)O. The van der Waals surface area contributed by atoms with E-state index in [2.05, 4.69) is 0 Å². The summed E-state index contributed by atoms with van der Waals surface area (Å²) in [5.41, 5.74) is 0. The van der Waals surface area contributed by atoms with Gasteiger partial charge in [0, 0.05) is 5.92 Å². The minimum Gasteiger partial charge on any atom is -0.291 e. The Kier molecular flexibility index (Phi) is 2.58. The van der Waals surface area contributed by atoms with Gasteiger partial charge >= 0.3 is 15.4 Å². The molecule has 0 saturated heterocycles. The highest BCUT2D eigenvalue weighted by Crippen LogP contribution is 2.50. The molecule has 0 spiro atoms. The van der Waals surface area contributed by atoms with Crippen LogP contribution in [-0.4, -0.2) is 24.0 Å². The molecule has 3 atom stereocenters. The Balaban J connectivity index is 2.20. The smallest absolute Gasteiger partial charge is 0.291 e. The van der Waals surface area contributed by atoms with Crippen LogP contribution in [0.5, 0.6) is 0 Å². The van der Waals surface area contributed by atoms with E-state index in [0.717, 1.165) is 12.8 Å². The number of fused-ring (bicyclic) bond motifs is 2. The van der Waals surface area contributed by atoms with Crippen LogP contribution in [0.1, 0.15) is 25.7 Å². The standard InChI is InChI=1S/C9H12F2O4S/c10-9(11,16(13,14)15)8(12)7-4-5-1-2-6(7)3-5/h5-7H,1-4H2,(H,13,14,15). The van der Waals surface area contributed by atoms with Crippen LogP contribution in [0.4, 0.5) is 8.78 Å². The Hall–Kier alpha value is -0.560. The van der Waals surface area contributed by atoms with Gasteiger partial charge in [-0.25, -0.2) is 0 Å². The first kappa shape index (κ1) is 11.9. The summed E-state index contributed by atoms with van der Waals surface area (Å²) in [5.74, 6) is -2.42. The predicted octanol–water partition coefficient (Wildman–Crippen LogP) is 1.47. The number of hydrogen-bond donors (Lipinski definition) is 1. The Bertz CT molecular complexity index is 417. The molecule has 16 heavy (non-hydrogen) atoms. The highest BCUT2D eigenvalue weighted by Gasteiger charge is 2.58. The molecule has 2 aliphatic rings. The van der Waals surface area contributed by atoms with Crippen molar-refractivity contribution in [1.29, 1.82) is 0 Å². The van der Waals surface area contributed by atoms with Crippen molar-refractivity contribution in [2.45, 2.75) is 30.9 Å². The quantitative estimate of drug-likeness (QED) is 0.774. The van der Waals surface area contributed by atoms with E-state index in [9.17, 15) is 22.0 Å². The van der Waals surface area contributed by atoms with E-state index in [0.29, 0.717) is 12.8 Å². The summed E-state index contributed by atoms with van der Waals surface area (Å²) in [6, 6.07) is 0. The number of ketones is 1. The molecule has 2 rings (SSSR count). The summed E-state index contributed by atoms with van der Waals surface area (Å²) < 4.78 is 55.5. The van der Waals surface area contributed by atoms with Gasteiger partial charge in [0.1, 0.15) is 0 Å². The van der Waals surface area contributed by atoms with E-state index < -0.39 is 27.1 Å². The fourth-order valence-corrected chi connectivity index (χ4v) is 3.31. The maximum absolute atomic E-state index is 13.1. The van der Waals surface area contributed by atoms with Crippen molar-refractivity contribution >= 4 is 15.9 Å². The number of rotatable bonds is 3. The second kappa shape index (κ2) is 3.46. The Morgan fingerprint density at radius 3 is 2.25 bits per heavy atom. The van der Waals surface area contributed by atoms with Crippen LogP contribution < -0.4 is 0 Å². The molecule has 4 nitrogen and oxygen atoms in total. The van der Waals surface area contributed by atoms with Gasteiger partial charge < -0.3 is 0 Å². The van der Waals surface area contributed by atoms with Crippen molar-refractivity contribution < 1.29 is 26.5 Å². The zero-order valence-corrected chi connectivity index (χ0v) is 9.21. The predicted molar refractivity (Wildman–Crippen MR) is 50.4 cm³/mol. The van der Waals surface area contributed by atoms with Crippen molar-refractivity contribution in [3.05, 3.63) is 0 Å². The largest absolute Gasteiger partial charge is 0.426 e. The highest BCUT2D eigenvalue weighted by molar-refractivity contribution is 7.87. The van der Waals surface area contributed by atoms with Gasteiger partial charge in [0.2, 0.25) is 5.78 Å². The summed E-state index contributed by atoms with van der Waals surface area (Å²) in [7, 11) is -5.64. The van der Waals surface area contributed by atoms with Gasteiger partial charge in [0.15, 0.2) is 0 Å². The van der Waals surface area contributed by atoms with Crippen LogP contribution >= 0.6 is 0 Å². The summed E-state index contributed by atoms with van der Waals surface area (Å²) in [6.07, 6.45) is 2.67. The number of halogens is 2. The fraction of sp³-hybridized carbons (Fsp3) is 0.889. The van der Waals surface area contributed by atoms with Gasteiger partial charge in [-0.05, 0) is 31.1 Å². The first-order chi connectivity index (χ1) is 7.23. The van der Waals surface area contributed by atoms with Crippen LogP contribution in [0.3, 0.4) is 0 Å². The van der Waals surface area contributed by atoms with Crippen LogP contribution in [-0.2, 0) is 14.9 Å². The van der Waals surface area contributed by atoms with Crippen molar-refractivity contribution in [3.63, 3.8) is 0 Å². The third-order valence-corrected chi connectivity index (χ3v) is 4.53. The molecule has 2 bridgehead atoms. The average Bonchev–Trinajstić information content (AvgIpc) is 2.75. The Morgan fingerprint density at radius 2 is 1.88 bits per heavy atom. The molecule has 0 radical (unpaired) electrons. The molecule has 0 aliphatic heterocycles. The van der Waals surface area contributed by atoms with Crippen molar-refractivity contribution in [2.24, 2.45) is 17.8 Å². The van der Waals surface area contributed by atoms with Crippen LogP contribution in [0.15, 0.2) is 0 Å². The van der Waals surface area contributed by atoms with E-state index in [1.54, 1.807) is 0 Å². The van der Waals surface area contributed by atoms with E-state index >= 15 is 0 Å². The average molecular weight is 254 g/mol. The third kappa shape index (κ3) is 1.66. The minimum atomic E-state index is -5.64. The molecule has 2 saturated carbocycles. The lowest BCUT2D eigenvalue weighted by Crippen LogP contribution is -2.43. The third-order valence-electron chi connectivity index (χ3n) is 3.69. The highest BCUT2D eigenvalue weighted by atomic mass is 32.2. The van der Waals surface area contributed by atoms with E-state index in [4.69, 9.17) is 4.55 Å². The van der Waals surface area contributed by atoms with Gasteiger partial charge in [-0.3, -0.25) is 9.35 Å². The maximum atomic E-state index is 13.1. The molecule has 0 aromatic heterocycles. The first-order valence-electron chi connectivity index (χ1n) is 5.12. The first-order valence-corrected chi connectivity index (χ1v) is 6.56. The molecule has 1 N–H and O–H groups in total. The summed E-state index contributed by atoms with van der Waals surface area (Å²) in [5, 5.41) is -4.65. The minimum absolute atomic E-state index is 0.134. The van der Waals surface area contributed by atoms with E-state index in [1.165, 1.54) is 0 Å². The lowest BCUT2D eigenvalue weighted by Gasteiger charge is -2.23. The second-order valence-corrected chi connectivity index (χ2v) is 6.10. The van der Waals surface area contributed by atoms with Crippen molar-refractivity contribution in [2.75, 3.05) is 0 Å². The van der Waals surface area contributed by atoms with Gasteiger partial charge in [-0.2, -0.15) is 17.2 Å². The molecule has 0 heterocycles. The van der Waals surface area contributed by atoms with Crippen LogP contribution in [0.2, 0.25) is 0 Å². The zero-order chi connectivity index (χ0) is 12.1. The molecular formula is C9H12F2O4S. The number of alkyl halides is 2. The second-order valence-electron chi connectivity index (χ2n) is 4.64. The molecule has 7 heteroatoms. The lowest BCUT2D eigenvalue weighted by molar-refractivity contribution is -0.139. The number of carbonyl (C=O) groups excluding carboxylic acids is 1. The summed E-state index contributed by atoms with van der Waals surface area (Å²) in [4.78, 5) is 11.4. The monoisotopic (exact) mass is 254 g/mol. The number of carbonyl (C=O) groups is 1. The fourth-order valence-electron chi connectivity index (χ4n) is 2.91.